The zero-order valence-corrected chi connectivity index (χ0v) is 13.1. The van der Waals surface area contributed by atoms with E-state index in [1.165, 1.54) is 6.20 Å². The van der Waals surface area contributed by atoms with Crippen molar-refractivity contribution < 1.29 is 26.7 Å². The Bertz CT molecular complexity index is 924. The quantitative estimate of drug-likeness (QED) is 0.704. The van der Waals surface area contributed by atoms with Gasteiger partial charge in [-0.05, 0) is 12.5 Å². The first-order valence-electron chi connectivity index (χ1n) is 7.65. The van der Waals surface area contributed by atoms with Crippen LogP contribution in [0.3, 0.4) is 0 Å². The number of aromatic nitrogens is 5. The van der Waals surface area contributed by atoms with Gasteiger partial charge in [0.25, 0.3) is 0 Å². The number of hydrogen-bond acceptors (Lipinski definition) is 7. The number of halogens is 4. The molecular formula is C14H12F4N6O2. The molecule has 26 heavy (non-hydrogen) atoms. The van der Waals surface area contributed by atoms with Gasteiger partial charge in [0, 0.05) is 12.7 Å². The number of rotatable bonds is 4. The molecule has 8 nitrogen and oxygen atoms in total. The number of nitrogens with one attached hydrogen (secondary N) is 1. The van der Waals surface area contributed by atoms with E-state index in [4.69, 9.17) is 4.42 Å². The lowest BCUT2D eigenvalue weighted by Crippen LogP contribution is -2.20. The number of nitrogens with zero attached hydrogens (tertiary/aromatic N) is 5. The number of ether oxygens (including phenoxy) is 1. The molecule has 138 valence electrons. The number of anilines is 1. The van der Waals surface area contributed by atoms with E-state index >= 15 is 0 Å². The van der Waals surface area contributed by atoms with Gasteiger partial charge in [-0.1, -0.05) is 0 Å². The molecule has 1 unspecified atom stereocenters. The molecule has 1 atom stereocenters. The molecule has 1 aliphatic rings. The van der Waals surface area contributed by atoms with Crippen LogP contribution in [0.1, 0.15) is 12.3 Å². The molecule has 0 amide bonds. The summed E-state index contributed by atoms with van der Waals surface area (Å²) in [5.74, 6) is 0.233. The first kappa shape index (κ1) is 16.7. The first-order valence-corrected chi connectivity index (χ1v) is 7.65. The SMILES string of the molecule is FC1CCN(c2n[nH]c3ncc(-c4nnc(COC(F)(F)F)o4)cc23)C1. The van der Waals surface area contributed by atoms with Gasteiger partial charge in [-0.2, -0.15) is 5.10 Å². The molecule has 0 radical (unpaired) electrons. The van der Waals surface area contributed by atoms with Crippen molar-refractivity contribution in [3.8, 4) is 11.5 Å². The summed E-state index contributed by atoms with van der Waals surface area (Å²) in [6.07, 6.45) is -3.85. The number of fused-ring (bicyclic) bond motifs is 1. The van der Waals surface area contributed by atoms with Crippen molar-refractivity contribution >= 4 is 16.9 Å². The van der Waals surface area contributed by atoms with Crippen LogP contribution in [-0.4, -0.2) is 51.0 Å². The van der Waals surface area contributed by atoms with E-state index < -0.39 is 19.1 Å². The smallest absolute Gasteiger partial charge is 0.418 e. The minimum Gasteiger partial charge on any atom is -0.418 e. The van der Waals surface area contributed by atoms with Gasteiger partial charge in [0.15, 0.2) is 11.5 Å². The standard InChI is InChI=1S/C14H12F4N6O2/c15-8-1-2-24(5-8)12-9-3-7(4-19-11(9)21-22-12)13-23-20-10(26-13)6-25-14(16,17)18/h3-4,8H,1-2,5-6H2,(H,19,21,22). The molecule has 1 saturated heterocycles. The van der Waals surface area contributed by atoms with E-state index in [2.05, 4.69) is 30.1 Å². The highest BCUT2D eigenvalue weighted by molar-refractivity contribution is 5.90. The van der Waals surface area contributed by atoms with Crippen molar-refractivity contribution in [2.24, 2.45) is 0 Å². The average molecular weight is 372 g/mol. The largest absolute Gasteiger partial charge is 0.523 e. The van der Waals surface area contributed by atoms with Crippen LogP contribution in [0.2, 0.25) is 0 Å². The number of aromatic amines is 1. The summed E-state index contributed by atoms with van der Waals surface area (Å²) in [6, 6.07) is 1.66. The fourth-order valence-corrected chi connectivity index (χ4v) is 2.73. The molecule has 1 N–H and O–H groups in total. The van der Waals surface area contributed by atoms with Crippen LogP contribution in [0.25, 0.3) is 22.5 Å². The van der Waals surface area contributed by atoms with Gasteiger partial charge < -0.3 is 9.32 Å². The second-order valence-electron chi connectivity index (χ2n) is 5.73. The van der Waals surface area contributed by atoms with Crippen LogP contribution < -0.4 is 4.90 Å². The van der Waals surface area contributed by atoms with E-state index in [9.17, 15) is 17.6 Å². The van der Waals surface area contributed by atoms with Crippen molar-refractivity contribution in [1.82, 2.24) is 25.4 Å². The normalized spacial score (nSPS) is 18.2. The summed E-state index contributed by atoms with van der Waals surface area (Å²) in [4.78, 5) is 5.98. The van der Waals surface area contributed by atoms with Crippen LogP contribution in [0.5, 0.6) is 0 Å². The van der Waals surface area contributed by atoms with Crippen LogP contribution in [-0.2, 0) is 11.3 Å². The van der Waals surface area contributed by atoms with Crippen LogP contribution >= 0.6 is 0 Å². The average Bonchev–Trinajstić information content (AvgIpc) is 3.30. The number of alkyl halides is 4. The van der Waals surface area contributed by atoms with E-state index in [0.717, 1.165) is 0 Å². The second kappa shape index (κ2) is 6.20. The summed E-state index contributed by atoms with van der Waals surface area (Å²) < 4.78 is 58.5. The van der Waals surface area contributed by atoms with Crippen molar-refractivity contribution in [2.45, 2.75) is 25.6 Å². The Balaban J connectivity index is 1.60. The lowest BCUT2D eigenvalue weighted by Gasteiger charge is -2.13. The third kappa shape index (κ3) is 3.31. The summed E-state index contributed by atoms with van der Waals surface area (Å²) in [5, 5.41) is 14.8. The Hall–Kier alpha value is -2.76. The summed E-state index contributed by atoms with van der Waals surface area (Å²) in [7, 11) is 0. The fraction of sp³-hybridized carbons (Fsp3) is 0.429. The number of hydrogen-bond donors (Lipinski definition) is 1. The summed E-state index contributed by atoms with van der Waals surface area (Å²) in [5.41, 5.74) is 0.896. The predicted octanol–water partition coefficient (Wildman–Crippen LogP) is 2.59. The molecule has 0 bridgehead atoms. The monoisotopic (exact) mass is 372 g/mol. The molecule has 0 aliphatic carbocycles. The molecule has 0 spiro atoms. The number of H-pyrrole nitrogens is 1. The van der Waals surface area contributed by atoms with Crippen LogP contribution in [0, 0.1) is 0 Å². The zero-order valence-electron chi connectivity index (χ0n) is 13.1. The maximum Gasteiger partial charge on any atom is 0.523 e. The topological polar surface area (TPSA) is 93.0 Å². The molecule has 0 aromatic carbocycles. The lowest BCUT2D eigenvalue weighted by molar-refractivity contribution is -0.332. The minimum atomic E-state index is -4.79. The lowest BCUT2D eigenvalue weighted by atomic mass is 10.2. The molecule has 1 aliphatic heterocycles. The molecule has 3 aromatic heterocycles. The third-order valence-corrected chi connectivity index (χ3v) is 3.90. The van der Waals surface area contributed by atoms with Gasteiger partial charge in [0.05, 0.1) is 17.5 Å². The van der Waals surface area contributed by atoms with Gasteiger partial charge in [0.1, 0.15) is 12.8 Å². The fourth-order valence-electron chi connectivity index (χ4n) is 2.73. The van der Waals surface area contributed by atoms with Crippen LogP contribution in [0.4, 0.5) is 23.4 Å². The van der Waals surface area contributed by atoms with Crippen LogP contribution in [0.15, 0.2) is 16.7 Å². The molecule has 12 heteroatoms. The molecule has 4 heterocycles. The van der Waals surface area contributed by atoms with Crippen molar-refractivity contribution in [1.29, 1.82) is 0 Å². The van der Waals surface area contributed by atoms with E-state index in [1.54, 1.807) is 11.0 Å². The van der Waals surface area contributed by atoms with Gasteiger partial charge in [0.2, 0.25) is 11.8 Å². The van der Waals surface area contributed by atoms with Gasteiger partial charge >= 0.3 is 6.36 Å². The first-order chi connectivity index (χ1) is 12.4. The predicted molar refractivity (Wildman–Crippen MR) is 79.8 cm³/mol. The zero-order chi connectivity index (χ0) is 18.3. The van der Waals surface area contributed by atoms with Crippen molar-refractivity contribution in [3.05, 3.63) is 18.2 Å². The molecule has 0 saturated carbocycles. The molecule has 4 rings (SSSR count). The van der Waals surface area contributed by atoms with E-state index in [-0.39, 0.29) is 18.3 Å². The maximum absolute atomic E-state index is 13.4. The summed E-state index contributed by atoms with van der Waals surface area (Å²) >= 11 is 0. The summed E-state index contributed by atoms with van der Waals surface area (Å²) in [6.45, 7) is -0.108. The third-order valence-electron chi connectivity index (χ3n) is 3.90. The van der Waals surface area contributed by atoms with Gasteiger partial charge in [-0.25, -0.2) is 9.37 Å². The molecule has 1 fully saturated rings. The Morgan fingerprint density at radius 3 is 2.92 bits per heavy atom. The van der Waals surface area contributed by atoms with E-state index in [0.29, 0.717) is 35.4 Å². The Labute approximate surface area is 143 Å². The van der Waals surface area contributed by atoms with E-state index in [1.807, 2.05) is 0 Å². The van der Waals surface area contributed by atoms with Gasteiger partial charge in [-0.3, -0.25) is 9.84 Å². The van der Waals surface area contributed by atoms with Crippen molar-refractivity contribution in [3.63, 3.8) is 0 Å². The molecule has 3 aromatic rings. The second-order valence-corrected chi connectivity index (χ2v) is 5.73. The van der Waals surface area contributed by atoms with Crippen molar-refractivity contribution in [2.75, 3.05) is 18.0 Å². The Morgan fingerprint density at radius 1 is 1.35 bits per heavy atom. The Kier molecular flexibility index (Phi) is 3.98. The number of pyridine rings is 1. The molecular weight excluding hydrogens is 360 g/mol. The Morgan fingerprint density at radius 2 is 2.19 bits per heavy atom. The van der Waals surface area contributed by atoms with Gasteiger partial charge in [-0.15, -0.1) is 23.4 Å². The highest BCUT2D eigenvalue weighted by Crippen LogP contribution is 2.30. The maximum atomic E-state index is 13.4. The minimum absolute atomic E-state index is 0.00267. The highest BCUT2D eigenvalue weighted by atomic mass is 19.4. The highest BCUT2D eigenvalue weighted by Gasteiger charge is 2.30.